The number of non-ortho nitro benzene ring substituents is 1. The quantitative estimate of drug-likeness (QED) is 0.00725. The van der Waals surface area contributed by atoms with Crippen molar-refractivity contribution < 1.29 is 95.5 Å². The molecule has 0 radical (unpaired) electrons. The molecule has 3 saturated heterocycles. The van der Waals surface area contributed by atoms with E-state index in [1.165, 1.54) is 69.1 Å². The summed E-state index contributed by atoms with van der Waals surface area (Å²) in [5.41, 5.74) is 9.21. The van der Waals surface area contributed by atoms with Crippen LogP contribution in [0, 0.1) is 55.4 Å². The Kier molecular flexibility index (Phi) is 29.6. The summed E-state index contributed by atoms with van der Waals surface area (Å²) in [6.07, 6.45) is -0.812. The second-order valence-corrected chi connectivity index (χ2v) is 32.4. The number of aliphatic hydroxyl groups excluding tert-OH is 3. The third kappa shape index (κ3) is 22.4. The maximum absolute atomic E-state index is 14.2. The lowest BCUT2D eigenvalue weighted by atomic mass is 9.96. The number of rotatable bonds is 31. The van der Waals surface area contributed by atoms with Crippen LogP contribution in [-0.2, 0) is 70.7 Å². The van der Waals surface area contributed by atoms with E-state index in [9.17, 15) is 64.3 Å². The lowest BCUT2D eigenvalue weighted by Gasteiger charge is -2.30. The molecule has 0 spiro atoms. The Morgan fingerprint density at radius 2 is 1.06 bits per heavy atom. The number of nitrogens with two attached hydrogens (primary N) is 2. The summed E-state index contributed by atoms with van der Waals surface area (Å²) >= 11 is 0. The smallest absolute Gasteiger partial charge is 0.391 e. The fourth-order valence-electron chi connectivity index (χ4n) is 10.8. The highest BCUT2D eigenvalue weighted by molar-refractivity contribution is 7.55. The molecule has 0 saturated carbocycles. The van der Waals surface area contributed by atoms with Crippen LogP contribution in [0.15, 0.2) is 61.2 Å². The molecule has 1 aromatic carbocycles. The first-order chi connectivity index (χ1) is 49.1. The molecule has 3 fully saturated rings. The van der Waals surface area contributed by atoms with Crippen molar-refractivity contribution in [3.05, 3.63) is 82.7 Å². The van der Waals surface area contributed by atoms with E-state index in [1.807, 2.05) is 81.4 Å². The third-order valence-electron chi connectivity index (χ3n) is 17.0. The summed E-state index contributed by atoms with van der Waals surface area (Å²) in [4.78, 5) is 68.7. The fraction of sp³-hybridized carbons (Fsp3) is 0.642. The monoisotopic (exact) mass is 1510 g/mol. The first-order valence-corrected chi connectivity index (χ1v) is 37.6. The van der Waals surface area contributed by atoms with E-state index in [4.69, 9.17) is 58.4 Å². The van der Waals surface area contributed by atoms with Crippen molar-refractivity contribution in [3.63, 3.8) is 0 Å². The number of aromatic nitrogens is 6. The largest absolute Gasteiger partial charge is 0.464 e. The van der Waals surface area contributed by atoms with E-state index in [1.54, 1.807) is 42.6 Å². The molecule has 2 unspecified atom stereocenters. The first kappa shape index (κ1) is 86.0. The zero-order chi connectivity index (χ0) is 78.4. The van der Waals surface area contributed by atoms with Crippen LogP contribution in [0.1, 0.15) is 160 Å². The van der Waals surface area contributed by atoms with Gasteiger partial charge in [-0.05, 0) is 101 Å². The molecule has 105 heavy (non-hydrogen) atoms. The van der Waals surface area contributed by atoms with E-state index in [-0.39, 0.29) is 72.0 Å². The van der Waals surface area contributed by atoms with Gasteiger partial charge in [-0.15, -0.1) is 0 Å². The van der Waals surface area contributed by atoms with Gasteiger partial charge in [0, 0.05) is 12.1 Å². The molecule has 0 amide bonds. The van der Waals surface area contributed by atoms with Gasteiger partial charge in [0.1, 0.15) is 109 Å². The Morgan fingerprint density at radius 1 is 0.648 bits per heavy atom. The van der Waals surface area contributed by atoms with Crippen molar-refractivity contribution >= 4 is 67.6 Å². The maximum Gasteiger partial charge on any atom is 0.391 e. The van der Waals surface area contributed by atoms with Gasteiger partial charge in [0.05, 0.1) is 49.3 Å². The van der Waals surface area contributed by atoms with Gasteiger partial charge >= 0.3 is 39.2 Å². The molecule has 38 heteroatoms. The highest BCUT2D eigenvalue weighted by atomic mass is 31.2. The van der Waals surface area contributed by atoms with Crippen molar-refractivity contribution in [2.24, 2.45) is 22.7 Å². The summed E-state index contributed by atoms with van der Waals surface area (Å²) in [5.74, 6) is -2.74. The average molecular weight is 1510 g/mol. The number of ether oxygens (including phenoxy) is 8. The standard InChI is InChI=1S/C29H46N7O9P.C23H38N3O8P.C15H17N5O4/c1-8-19(9-2)12-42-26(39)17(3)34-46(41,35-18(4)27(40)43-14-28(5,6)7)44-15-29(13-30)24(38)22(37)23(45-29)20-10-11-21-25(31)32-16-33-36(20)21;1-8-18(9-2)14-32-21(27)16(3)24-35(31,25-17(4)22(28)33-15-23(5,6)7)34-20-12-10-19(11-13-20)26(29)30;1-14(2)22-11-10(23-15(5-16,6-21)12(11)24-14)8-3-4-9-13(17)18-7-19-20(8)9/h10-11,16-19,22-24,37-38H,8-9,12,14-15H2,1-7H3,(H2,31,32,33)(H2,34,35,41);10-13,16-18H,8-9,14-15H2,1-7H3,(H2,24,25,31);3-4,7,10-12,21H,6H2,1-2H3,(H2,17,18,19)/t17-,18-,22-,23-,24-,29+,46?;16-,17-,35?;10-,11-,12-,15+/m000/s1. The number of nitrogens with zero attached hydrogens (tertiary/aromatic N) is 9. The molecule has 4 aromatic heterocycles. The zero-order valence-electron chi connectivity index (χ0n) is 62.0. The van der Waals surface area contributed by atoms with Crippen LogP contribution in [0.4, 0.5) is 17.3 Å². The Hall–Kier alpha value is -7.90. The van der Waals surface area contributed by atoms with Gasteiger partial charge in [0.15, 0.2) is 17.4 Å². The fourth-order valence-corrected chi connectivity index (χ4v) is 14.5. The van der Waals surface area contributed by atoms with Crippen molar-refractivity contribution in [1.82, 2.24) is 49.5 Å². The van der Waals surface area contributed by atoms with Gasteiger partial charge in [0.25, 0.3) is 5.69 Å². The van der Waals surface area contributed by atoms with Gasteiger partial charge in [-0.25, -0.2) is 43.9 Å². The number of hydrogen-bond acceptors (Lipinski definition) is 29. The normalized spacial score (nSPS) is 23.5. The van der Waals surface area contributed by atoms with E-state index in [0.717, 1.165) is 25.7 Å². The summed E-state index contributed by atoms with van der Waals surface area (Å²) < 4.78 is 87.1. The highest BCUT2D eigenvalue weighted by Crippen LogP contribution is 2.51. The second kappa shape index (κ2) is 36.1. The molecular formula is C67H101N15O21P2. The SMILES string of the molecule is CC1(C)O[C@H]2[C@H](c3ccc4c(N)ncnn34)O[C@](C#N)(CO)[C@H]2O1.CCC(CC)COC(=O)[C@H](C)NP(=O)(N[C@@H](C)C(=O)OCC(C)(C)C)OC[C@@]1(C#N)O[C@@H](c2ccc3c(N)ncnn23)[C@H](O)[C@@H]1O.CCC(CC)COC(=O)[C@H](C)NP(=O)(N[C@@H](C)C(=O)OCC(C)(C)C)Oc1ccc([N+](=O)[O-])cc1. The van der Waals surface area contributed by atoms with Gasteiger partial charge in [-0.2, -0.15) is 20.7 Å². The molecule has 3 aliphatic heterocycles. The Balaban J connectivity index is 0.000000259. The number of benzene rings is 1. The minimum atomic E-state index is -4.41. The van der Waals surface area contributed by atoms with Crippen LogP contribution in [0.3, 0.4) is 0 Å². The molecule has 36 nitrogen and oxygen atoms in total. The number of esters is 4. The van der Waals surface area contributed by atoms with Crippen molar-refractivity contribution in [3.8, 4) is 17.9 Å². The van der Waals surface area contributed by atoms with Crippen LogP contribution in [0.25, 0.3) is 11.0 Å². The van der Waals surface area contributed by atoms with E-state index >= 15 is 0 Å². The number of nitro groups is 1. The number of nitrogens with one attached hydrogen (secondary N) is 4. The van der Waals surface area contributed by atoms with E-state index in [0.29, 0.717) is 22.5 Å². The minimum absolute atomic E-state index is 0.0341. The number of carbonyl (C=O) groups excluding carboxylic acids is 4. The molecular weight excluding hydrogens is 1410 g/mol. The number of aliphatic hydroxyl groups is 3. The highest BCUT2D eigenvalue weighted by Gasteiger charge is 2.64. The molecule has 580 valence electrons. The molecule has 8 rings (SSSR count). The van der Waals surface area contributed by atoms with Crippen LogP contribution in [-0.4, -0.2) is 179 Å². The summed E-state index contributed by atoms with van der Waals surface area (Å²) in [6.45, 7) is 27.8. The number of anilines is 2. The van der Waals surface area contributed by atoms with Crippen molar-refractivity contribution in [2.45, 2.75) is 214 Å². The van der Waals surface area contributed by atoms with Crippen molar-refractivity contribution in [2.75, 3.05) is 51.1 Å². The topological polar surface area (TPSA) is 507 Å². The predicted molar refractivity (Wildman–Crippen MR) is 378 cm³/mol. The predicted octanol–water partition coefficient (Wildman–Crippen LogP) is 6.78. The van der Waals surface area contributed by atoms with Crippen LogP contribution in [0.2, 0.25) is 0 Å². The summed E-state index contributed by atoms with van der Waals surface area (Å²) in [7, 11) is -8.51. The summed E-state index contributed by atoms with van der Waals surface area (Å²) in [5, 5.41) is 81.1. The molecule has 0 bridgehead atoms. The number of nitrogen functional groups attached to an aromatic ring is 2. The third-order valence-corrected chi connectivity index (χ3v) is 20.9. The van der Waals surface area contributed by atoms with Crippen LogP contribution < -0.4 is 36.3 Å². The number of nitro benzene ring substituents is 1. The van der Waals surface area contributed by atoms with Gasteiger partial charge in [-0.3, -0.25) is 33.9 Å². The van der Waals surface area contributed by atoms with Crippen molar-refractivity contribution in [1.29, 1.82) is 10.5 Å². The molecule has 5 aromatic rings. The molecule has 7 heterocycles. The Morgan fingerprint density at radius 3 is 1.46 bits per heavy atom. The summed E-state index contributed by atoms with van der Waals surface area (Å²) in [6, 6.07) is 11.0. The van der Waals surface area contributed by atoms with Crippen LogP contribution >= 0.6 is 15.3 Å². The molecule has 3 aliphatic rings. The second-order valence-electron chi connectivity index (χ2n) is 28.7. The van der Waals surface area contributed by atoms with Gasteiger partial charge in [0.2, 0.25) is 11.2 Å². The number of nitriles is 2. The van der Waals surface area contributed by atoms with E-state index in [2.05, 4.69) is 40.5 Å². The molecule has 14 atom stereocenters. The lowest BCUT2D eigenvalue weighted by molar-refractivity contribution is -0.384. The Labute approximate surface area is 609 Å². The molecule has 11 N–H and O–H groups in total. The zero-order valence-corrected chi connectivity index (χ0v) is 63.8. The average Bonchev–Trinajstić information content (AvgIpc) is 1.57. The Bertz CT molecular complexity index is 3980. The molecule has 0 aliphatic carbocycles. The first-order valence-electron chi connectivity index (χ1n) is 34.3. The van der Waals surface area contributed by atoms with E-state index < -0.39 is 135 Å². The minimum Gasteiger partial charge on any atom is -0.464 e. The maximum atomic E-state index is 14.2. The number of hydrogen-bond donors (Lipinski definition) is 9. The van der Waals surface area contributed by atoms with Gasteiger partial charge in [-0.1, -0.05) is 94.9 Å². The number of carbonyl (C=O) groups is 4. The number of fused-ring (bicyclic) bond motifs is 3. The lowest BCUT2D eigenvalue weighted by Crippen LogP contribution is -2.48. The van der Waals surface area contributed by atoms with Crippen LogP contribution in [0.5, 0.6) is 5.75 Å². The van der Waals surface area contributed by atoms with Gasteiger partial charge < -0.3 is 73.7 Å².